The van der Waals surface area contributed by atoms with Gasteiger partial charge in [-0.15, -0.1) is 0 Å². The number of nitrogens with zero attached hydrogens (tertiary/aromatic N) is 5. The molecule has 3 aliphatic heterocycles. The summed E-state index contributed by atoms with van der Waals surface area (Å²) < 4.78 is 1.82. The van der Waals surface area contributed by atoms with Crippen LogP contribution in [0.4, 0.5) is 5.69 Å². The summed E-state index contributed by atoms with van der Waals surface area (Å²) in [5, 5.41) is 17.6. The largest absolute Gasteiger partial charge is 0.326 e. The molecular weight excluding hydrogens is 468 g/mol. The summed E-state index contributed by atoms with van der Waals surface area (Å²) in [6.07, 6.45) is 5.30. The molecule has 0 unspecified atom stereocenters. The van der Waals surface area contributed by atoms with Gasteiger partial charge in [0.2, 0.25) is 11.8 Å². The fourth-order valence-electron chi connectivity index (χ4n) is 6.10. The van der Waals surface area contributed by atoms with Crippen LogP contribution in [0.15, 0.2) is 30.5 Å². The van der Waals surface area contributed by atoms with E-state index in [2.05, 4.69) is 16.5 Å². The Bertz CT molecular complexity index is 1350. The highest BCUT2D eigenvalue weighted by Gasteiger charge is 2.57. The molecule has 0 bridgehead atoms. The van der Waals surface area contributed by atoms with Crippen molar-refractivity contribution in [1.29, 1.82) is 5.26 Å². The van der Waals surface area contributed by atoms with Gasteiger partial charge in [0.15, 0.2) is 0 Å². The molecule has 37 heavy (non-hydrogen) atoms. The summed E-state index contributed by atoms with van der Waals surface area (Å²) in [6, 6.07) is 8.39. The zero-order valence-electron chi connectivity index (χ0n) is 21.5. The normalized spacial score (nSPS) is 25.6. The number of hydrogen-bond acceptors (Lipinski definition) is 5. The van der Waals surface area contributed by atoms with E-state index in [9.17, 15) is 19.6 Å². The molecule has 2 aromatic rings. The number of anilines is 1. The van der Waals surface area contributed by atoms with E-state index in [0.29, 0.717) is 30.9 Å². The van der Waals surface area contributed by atoms with E-state index in [1.54, 1.807) is 16.0 Å². The zero-order valence-corrected chi connectivity index (χ0v) is 21.5. The number of likely N-dealkylation sites (tertiary alicyclic amines) is 1. The molecule has 1 aromatic heterocycles. The number of rotatable bonds is 4. The third kappa shape index (κ3) is 3.73. The second-order valence-corrected chi connectivity index (χ2v) is 11.9. The zero-order chi connectivity index (χ0) is 26.1. The standard InChI is InChI=1S/C28H32N6O3/c1-27(2,3)34-15-19-21(31-34)10-11-32(24(19)35)23(12-17-8-9-17)25(36)33-16-28(13-18(33)14-29)20-6-4-5-7-22(20)30-26(28)37/h4-7,15,17-18,23H,8-13,16H2,1-3H3,(H,30,37)/t18-,23-,28-/m0/s1. The highest BCUT2D eigenvalue weighted by molar-refractivity contribution is 6.07. The Morgan fingerprint density at radius 1 is 1.27 bits per heavy atom. The third-order valence-corrected chi connectivity index (χ3v) is 8.39. The maximum Gasteiger partial charge on any atom is 0.258 e. The predicted octanol–water partition coefficient (Wildman–Crippen LogP) is 2.82. The van der Waals surface area contributed by atoms with Crippen LogP contribution < -0.4 is 5.32 Å². The van der Waals surface area contributed by atoms with Gasteiger partial charge in [-0.3, -0.25) is 19.1 Å². The molecule has 1 saturated carbocycles. The van der Waals surface area contributed by atoms with Gasteiger partial charge >= 0.3 is 0 Å². The van der Waals surface area contributed by atoms with Crippen molar-refractivity contribution in [2.75, 3.05) is 18.4 Å². The van der Waals surface area contributed by atoms with Crippen LogP contribution in [0, 0.1) is 17.2 Å². The van der Waals surface area contributed by atoms with Crippen molar-refractivity contribution in [3.05, 3.63) is 47.3 Å². The molecule has 3 atom stereocenters. The molecule has 4 heterocycles. The first-order valence-corrected chi connectivity index (χ1v) is 13.1. The number of para-hydroxylation sites is 1. The van der Waals surface area contributed by atoms with Crippen LogP contribution in [0.3, 0.4) is 0 Å². The molecule has 1 aromatic carbocycles. The van der Waals surface area contributed by atoms with Crippen LogP contribution in [0.1, 0.15) is 68.1 Å². The predicted molar refractivity (Wildman–Crippen MR) is 136 cm³/mol. The highest BCUT2D eigenvalue weighted by atomic mass is 16.2. The van der Waals surface area contributed by atoms with E-state index in [4.69, 9.17) is 0 Å². The topological polar surface area (TPSA) is 111 Å². The number of nitrogens with one attached hydrogen (secondary N) is 1. The van der Waals surface area contributed by atoms with Gasteiger partial charge < -0.3 is 15.1 Å². The summed E-state index contributed by atoms with van der Waals surface area (Å²) >= 11 is 0. The molecule has 3 amide bonds. The lowest BCUT2D eigenvalue weighted by Crippen LogP contribution is -2.54. The van der Waals surface area contributed by atoms with Gasteiger partial charge in [0.05, 0.1) is 28.3 Å². The maximum absolute atomic E-state index is 14.2. The molecule has 4 aliphatic rings. The number of benzene rings is 1. The molecule has 2 fully saturated rings. The van der Waals surface area contributed by atoms with E-state index in [1.165, 1.54) is 0 Å². The van der Waals surface area contributed by atoms with Gasteiger partial charge in [-0.25, -0.2) is 0 Å². The monoisotopic (exact) mass is 500 g/mol. The van der Waals surface area contributed by atoms with Crippen LogP contribution in [0.5, 0.6) is 0 Å². The van der Waals surface area contributed by atoms with Crippen LogP contribution in [0.2, 0.25) is 0 Å². The number of carbonyl (C=O) groups is 3. The lowest BCUT2D eigenvalue weighted by Gasteiger charge is -2.36. The van der Waals surface area contributed by atoms with Gasteiger partial charge in [0.25, 0.3) is 5.91 Å². The number of hydrogen-bond donors (Lipinski definition) is 1. The third-order valence-electron chi connectivity index (χ3n) is 8.39. The lowest BCUT2D eigenvalue weighted by molar-refractivity contribution is -0.137. The molecule has 0 radical (unpaired) electrons. The fourth-order valence-corrected chi connectivity index (χ4v) is 6.10. The first kappa shape index (κ1) is 23.7. The second-order valence-electron chi connectivity index (χ2n) is 11.9. The van der Waals surface area contributed by atoms with Crippen LogP contribution >= 0.6 is 0 Å². The van der Waals surface area contributed by atoms with E-state index in [-0.39, 0.29) is 36.2 Å². The van der Waals surface area contributed by atoms with Gasteiger partial charge in [-0.05, 0) is 44.7 Å². The highest BCUT2D eigenvalue weighted by Crippen LogP contribution is 2.47. The molecule has 9 nitrogen and oxygen atoms in total. The number of carbonyl (C=O) groups excluding carboxylic acids is 3. The minimum atomic E-state index is -0.941. The van der Waals surface area contributed by atoms with Crippen molar-refractivity contribution in [3.8, 4) is 6.07 Å². The Morgan fingerprint density at radius 2 is 2.03 bits per heavy atom. The van der Waals surface area contributed by atoms with Crippen LogP contribution in [0.25, 0.3) is 0 Å². The molecule has 9 heteroatoms. The van der Waals surface area contributed by atoms with Crippen molar-refractivity contribution in [2.24, 2.45) is 5.92 Å². The average Bonchev–Trinajstić information content (AvgIpc) is 3.32. The summed E-state index contributed by atoms with van der Waals surface area (Å²) in [6.45, 7) is 6.67. The summed E-state index contributed by atoms with van der Waals surface area (Å²) in [7, 11) is 0. The summed E-state index contributed by atoms with van der Waals surface area (Å²) in [5.41, 5.74) is 1.69. The minimum Gasteiger partial charge on any atom is -0.326 e. The van der Waals surface area contributed by atoms with Gasteiger partial charge in [-0.2, -0.15) is 10.4 Å². The number of fused-ring (bicyclic) bond motifs is 3. The molecule has 1 saturated heterocycles. The Kier molecular flexibility index (Phi) is 5.23. The average molecular weight is 501 g/mol. The van der Waals surface area contributed by atoms with E-state index >= 15 is 0 Å². The van der Waals surface area contributed by atoms with Crippen molar-refractivity contribution < 1.29 is 14.4 Å². The first-order valence-electron chi connectivity index (χ1n) is 13.1. The Balaban J connectivity index is 1.32. The molecule has 6 rings (SSSR count). The Hall–Kier alpha value is -3.67. The van der Waals surface area contributed by atoms with Gasteiger partial charge in [0.1, 0.15) is 12.1 Å². The second kappa shape index (κ2) is 8.17. The summed E-state index contributed by atoms with van der Waals surface area (Å²) in [5.74, 6) is -0.182. The van der Waals surface area contributed by atoms with Crippen LogP contribution in [-0.2, 0) is 27.0 Å². The molecule has 1 N–H and O–H groups in total. The smallest absolute Gasteiger partial charge is 0.258 e. The Morgan fingerprint density at radius 3 is 2.73 bits per heavy atom. The van der Waals surface area contributed by atoms with E-state index in [1.807, 2.05) is 49.7 Å². The van der Waals surface area contributed by atoms with E-state index in [0.717, 1.165) is 29.8 Å². The summed E-state index contributed by atoms with van der Waals surface area (Å²) in [4.78, 5) is 44.3. The quantitative estimate of drug-likeness (QED) is 0.694. The first-order chi connectivity index (χ1) is 17.6. The SMILES string of the molecule is CC(C)(C)n1cc2c(n1)CCN([C@@H](CC1CC1)C(=O)N1C[C@]3(C[C@H]1C#N)C(=O)Nc1ccccc13)C2=O. The van der Waals surface area contributed by atoms with Crippen molar-refractivity contribution in [1.82, 2.24) is 19.6 Å². The van der Waals surface area contributed by atoms with Crippen molar-refractivity contribution in [3.63, 3.8) is 0 Å². The van der Waals surface area contributed by atoms with Crippen molar-refractivity contribution >= 4 is 23.4 Å². The lowest BCUT2D eigenvalue weighted by atomic mass is 9.80. The van der Waals surface area contributed by atoms with Crippen LogP contribution in [-0.4, -0.2) is 62.5 Å². The molecular formula is C28H32N6O3. The molecule has 1 spiro atoms. The minimum absolute atomic E-state index is 0.142. The van der Waals surface area contributed by atoms with Gasteiger partial charge in [0, 0.05) is 37.8 Å². The van der Waals surface area contributed by atoms with Crippen molar-refractivity contribution in [2.45, 2.75) is 75.9 Å². The fraction of sp³-hybridized carbons (Fsp3) is 0.536. The van der Waals surface area contributed by atoms with Gasteiger partial charge in [-0.1, -0.05) is 31.0 Å². The number of nitriles is 1. The van der Waals surface area contributed by atoms with E-state index < -0.39 is 17.5 Å². The molecule has 1 aliphatic carbocycles. The number of amides is 3. The molecule has 192 valence electrons. The number of aromatic nitrogens is 2. The Labute approximate surface area is 216 Å². The maximum atomic E-state index is 14.2.